The van der Waals surface area contributed by atoms with Crippen LogP contribution in [-0.4, -0.2) is 44.0 Å². The summed E-state index contributed by atoms with van der Waals surface area (Å²) in [6, 6.07) is 0.525. The number of amides is 1. The van der Waals surface area contributed by atoms with Crippen LogP contribution in [0.5, 0.6) is 0 Å². The van der Waals surface area contributed by atoms with E-state index in [0.717, 1.165) is 12.8 Å². The number of methoxy groups -OCH3 is 1. The SMILES string of the molecule is CCC(COC)NC(CNC(=O)OC(C)(C)C)CC(C)C. The molecule has 2 unspecified atom stereocenters. The van der Waals surface area contributed by atoms with Gasteiger partial charge in [-0.15, -0.1) is 0 Å². The Kier molecular flexibility index (Phi) is 9.62. The summed E-state index contributed by atoms with van der Waals surface area (Å²) in [5, 5.41) is 6.41. The van der Waals surface area contributed by atoms with Crippen molar-refractivity contribution < 1.29 is 14.3 Å². The van der Waals surface area contributed by atoms with Crippen LogP contribution in [0.25, 0.3) is 0 Å². The van der Waals surface area contributed by atoms with E-state index in [1.54, 1.807) is 7.11 Å². The van der Waals surface area contributed by atoms with Crippen molar-refractivity contribution >= 4 is 6.09 Å². The van der Waals surface area contributed by atoms with Gasteiger partial charge in [0.15, 0.2) is 0 Å². The summed E-state index contributed by atoms with van der Waals surface area (Å²) < 4.78 is 10.5. The largest absolute Gasteiger partial charge is 0.444 e. The van der Waals surface area contributed by atoms with Crippen LogP contribution >= 0.6 is 0 Å². The zero-order chi connectivity index (χ0) is 16.5. The van der Waals surface area contributed by atoms with Crippen molar-refractivity contribution in [2.24, 2.45) is 5.92 Å². The zero-order valence-corrected chi connectivity index (χ0v) is 14.8. The first-order valence-electron chi connectivity index (χ1n) is 7.89. The van der Waals surface area contributed by atoms with Gasteiger partial charge in [0.25, 0.3) is 0 Å². The lowest BCUT2D eigenvalue weighted by molar-refractivity contribution is 0.0518. The van der Waals surface area contributed by atoms with Gasteiger partial charge in [-0.05, 0) is 39.5 Å². The fourth-order valence-electron chi connectivity index (χ4n) is 2.12. The van der Waals surface area contributed by atoms with Crippen LogP contribution in [0.4, 0.5) is 4.79 Å². The van der Waals surface area contributed by atoms with Crippen LogP contribution in [0.1, 0.15) is 54.4 Å². The molecule has 1 amide bonds. The molecule has 0 aromatic rings. The highest BCUT2D eigenvalue weighted by atomic mass is 16.6. The highest BCUT2D eigenvalue weighted by Crippen LogP contribution is 2.08. The Morgan fingerprint density at radius 3 is 2.24 bits per heavy atom. The number of rotatable bonds is 9. The molecule has 5 nitrogen and oxygen atoms in total. The van der Waals surface area contributed by atoms with E-state index in [1.807, 2.05) is 20.8 Å². The van der Waals surface area contributed by atoms with Crippen molar-refractivity contribution in [1.29, 1.82) is 0 Å². The van der Waals surface area contributed by atoms with E-state index in [-0.39, 0.29) is 12.1 Å². The van der Waals surface area contributed by atoms with E-state index in [0.29, 0.717) is 25.1 Å². The average Bonchev–Trinajstić information content (AvgIpc) is 2.32. The predicted molar refractivity (Wildman–Crippen MR) is 86.6 cm³/mol. The first-order valence-corrected chi connectivity index (χ1v) is 7.89. The summed E-state index contributed by atoms with van der Waals surface area (Å²) in [6.07, 6.45) is 1.63. The van der Waals surface area contributed by atoms with Crippen molar-refractivity contribution in [3.05, 3.63) is 0 Å². The Morgan fingerprint density at radius 1 is 1.19 bits per heavy atom. The van der Waals surface area contributed by atoms with E-state index >= 15 is 0 Å². The van der Waals surface area contributed by atoms with Gasteiger partial charge < -0.3 is 20.1 Å². The van der Waals surface area contributed by atoms with Gasteiger partial charge in [0.05, 0.1) is 6.61 Å². The normalized spacial score (nSPS) is 14.9. The van der Waals surface area contributed by atoms with Gasteiger partial charge in [-0.25, -0.2) is 4.79 Å². The fraction of sp³-hybridized carbons (Fsp3) is 0.938. The molecule has 0 aliphatic heterocycles. The second-order valence-electron chi connectivity index (χ2n) is 6.94. The van der Waals surface area contributed by atoms with Crippen molar-refractivity contribution in [2.45, 2.75) is 72.1 Å². The number of hydrogen-bond acceptors (Lipinski definition) is 4. The van der Waals surface area contributed by atoms with Gasteiger partial charge in [-0.1, -0.05) is 20.8 Å². The fourth-order valence-corrected chi connectivity index (χ4v) is 2.12. The standard InChI is InChI=1S/C16H34N2O3/c1-8-13(11-20-7)18-14(9-12(2)3)10-17-15(19)21-16(4,5)6/h12-14,18H,8-11H2,1-7H3,(H,17,19). The molecule has 0 aliphatic rings. The van der Waals surface area contributed by atoms with Crippen molar-refractivity contribution in [3.63, 3.8) is 0 Å². The summed E-state index contributed by atoms with van der Waals surface area (Å²) in [6.45, 7) is 13.3. The first-order chi connectivity index (χ1) is 9.67. The maximum atomic E-state index is 11.7. The molecule has 5 heteroatoms. The van der Waals surface area contributed by atoms with Crippen LogP contribution in [0.2, 0.25) is 0 Å². The summed E-state index contributed by atoms with van der Waals surface area (Å²) in [5.74, 6) is 0.558. The summed E-state index contributed by atoms with van der Waals surface area (Å²) in [7, 11) is 1.71. The molecule has 0 bridgehead atoms. The molecule has 0 aliphatic carbocycles. The van der Waals surface area contributed by atoms with E-state index in [2.05, 4.69) is 31.4 Å². The highest BCUT2D eigenvalue weighted by Gasteiger charge is 2.19. The van der Waals surface area contributed by atoms with Crippen LogP contribution in [-0.2, 0) is 9.47 Å². The number of carbonyl (C=O) groups excluding carboxylic acids is 1. The quantitative estimate of drug-likeness (QED) is 0.687. The number of carbonyl (C=O) groups is 1. The zero-order valence-electron chi connectivity index (χ0n) is 14.8. The first kappa shape index (κ1) is 20.2. The van der Waals surface area contributed by atoms with Crippen LogP contribution < -0.4 is 10.6 Å². The maximum absolute atomic E-state index is 11.7. The second-order valence-corrected chi connectivity index (χ2v) is 6.94. The highest BCUT2D eigenvalue weighted by molar-refractivity contribution is 5.67. The van der Waals surface area contributed by atoms with Gasteiger partial charge in [-0.2, -0.15) is 0 Å². The molecule has 21 heavy (non-hydrogen) atoms. The van der Waals surface area contributed by atoms with Crippen LogP contribution in [0, 0.1) is 5.92 Å². The van der Waals surface area contributed by atoms with Gasteiger partial charge in [0.1, 0.15) is 5.60 Å². The molecule has 0 rings (SSSR count). The van der Waals surface area contributed by atoms with Gasteiger partial charge in [-0.3, -0.25) is 0 Å². The van der Waals surface area contributed by atoms with Crippen molar-refractivity contribution in [1.82, 2.24) is 10.6 Å². The monoisotopic (exact) mass is 302 g/mol. The van der Waals surface area contributed by atoms with Gasteiger partial charge in [0, 0.05) is 25.7 Å². The Morgan fingerprint density at radius 2 is 1.81 bits per heavy atom. The van der Waals surface area contributed by atoms with Crippen molar-refractivity contribution in [2.75, 3.05) is 20.3 Å². The summed E-state index contributed by atoms with van der Waals surface area (Å²) >= 11 is 0. The second kappa shape index (κ2) is 10.0. The minimum atomic E-state index is -0.465. The molecule has 0 heterocycles. The van der Waals surface area contributed by atoms with Gasteiger partial charge >= 0.3 is 6.09 Å². The lowest BCUT2D eigenvalue weighted by Crippen LogP contribution is -2.48. The molecule has 0 saturated heterocycles. The minimum Gasteiger partial charge on any atom is -0.444 e. The minimum absolute atomic E-state index is 0.220. The van der Waals surface area contributed by atoms with E-state index < -0.39 is 5.60 Å². The lowest BCUT2D eigenvalue weighted by Gasteiger charge is -2.27. The number of alkyl carbamates (subject to hydrolysis) is 1. The van der Waals surface area contributed by atoms with Crippen LogP contribution in [0.3, 0.4) is 0 Å². The molecule has 0 saturated carbocycles. The average molecular weight is 302 g/mol. The van der Waals surface area contributed by atoms with Crippen LogP contribution in [0.15, 0.2) is 0 Å². The van der Waals surface area contributed by atoms with Gasteiger partial charge in [0.2, 0.25) is 0 Å². The molecule has 0 aromatic carbocycles. The predicted octanol–water partition coefficient (Wildman–Crippen LogP) is 2.94. The third kappa shape index (κ3) is 11.5. The molecule has 0 radical (unpaired) electrons. The Bertz CT molecular complexity index is 288. The molecular weight excluding hydrogens is 268 g/mol. The molecule has 126 valence electrons. The van der Waals surface area contributed by atoms with E-state index in [4.69, 9.17) is 9.47 Å². The Labute approximate surface area is 130 Å². The molecule has 0 aromatic heterocycles. The molecular formula is C16H34N2O3. The third-order valence-electron chi connectivity index (χ3n) is 2.98. The van der Waals surface area contributed by atoms with E-state index in [1.165, 1.54) is 0 Å². The molecule has 2 atom stereocenters. The summed E-state index contributed by atoms with van der Waals surface area (Å²) in [5.41, 5.74) is -0.465. The lowest BCUT2D eigenvalue weighted by atomic mass is 10.0. The maximum Gasteiger partial charge on any atom is 0.407 e. The third-order valence-corrected chi connectivity index (χ3v) is 2.98. The Balaban J connectivity index is 4.38. The Hall–Kier alpha value is -0.810. The number of ether oxygens (including phenoxy) is 2. The summed E-state index contributed by atoms with van der Waals surface area (Å²) in [4.78, 5) is 11.7. The van der Waals surface area contributed by atoms with Crippen molar-refractivity contribution in [3.8, 4) is 0 Å². The number of nitrogens with one attached hydrogen (secondary N) is 2. The van der Waals surface area contributed by atoms with E-state index in [9.17, 15) is 4.79 Å². The molecule has 0 fully saturated rings. The smallest absolute Gasteiger partial charge is 0.407 e. The topological polar surface area (TPSA) is 59.6 Å². The molecule has 2 N–H and O–H groups in total. The number of hydrogen-bond donors (Lipinski definition) is 2. The molecule has 0 spiro atoms.